The largest absolute Gasteiger partial charge is 0.372 e. The van der Waals surface area contributed by atoms with Crippen molar-refractivity contribution >= 4 is 34.1 Å². The Bertz CT molecular complexity index is 1310. The maximum absolute atomic E-state index is 4.41. The van der Waals surface area contributed by atoms with Crippen LogP contribution >= 0.6 is 0 Å². The number of unbranched alkanes of at least 4 members (excludes halogenated alkanes) is 3. The van der Waals surface area contributed by atoms with E-state index in [0.29, 0.717) is 0 Å². The van der Waals surface area contributed by atoms with Gasteiger partial charge in [0.15, 0.2) is 24.8 Å². The number of nitrogens with zero attached hydrogens (tertiary/aromatic N) is 8. The second kappa shape index (κ2) is 17.6. The minimum atomic E-state index is 0.864. The first kappa shape index (κ1) is 32.5. The molecule has 0 aliphatic heterocycles. The van der Waals surface area contributed by atoms with Crippen LogP contribution in [-0.4, -0.2) is 26.2 Å². The first-order valence-corrected chi connectivity index (χ1v) is 16.1. The van der Waals surface area contributed by atoms with Crippen molar-refractivity contribution in [2.24, 2.45) is 20.5 Å². The number of azo groups is 2. The van der Waals surface area contributed by atoms with Crippen LogP contribution in [0.5, 0.6) is 0 Å². The van der Waals surface area contributed by atoms with Crippen LogP contribution in [0, 0.1) is 0 Å². The van der Waals surface area contributed by atoms with Crippen molar-refractivity contribution in [1.29, 1.82) is 0 Å². The molecular weight excluding hydrogens is 544 g/mol. The van der Waals surface area contributed by atoms with Gasteiger partial charge in [-0.05, 0) is 89.1 Å². The number of hydrogen-bond acceptors (Lipinski definition) is 6. The van der Waals surface area contributed by atoms with E-state index in [1.165, 1.54) is 24.2 Å². The summed E-state index contributed by atoms with van der Waals surface area (Å²) in [7, 11) is 0. The molecule has 0 aliphatic rings. The van der Waals surface area contributed by atoms with E-state index in [-0.39, 0.29) is 0 Å². The quantitative estimate of drug-likeness (QED) is 0.0697. The third-order valence-electron chi connectivity index (χ3n) is 7.85. The lowest BCUT2D eigenvalue weighted by Gasteiger charge is -2.20. The fourth-order valence-electron chi connectivity index (χ4n) is 5.14. The molecule has 4 rings (SSSR count). The molecule has 230 valence electrons. The van der Waals surface area contributed by atoms with Gasteiger partial charge in [-0.25, -0.2) is 9.13 Å². The number of aromatic nitrogens is 2. The Labute approximate surface area is 263 Å². The van der Waals surface area contributed by atoms with Crippen molar-refractivity contribution < 1.29 is 9.13 Å². The van der Waals surface area contributed by atoms with Crippen molar-refractivity contribution in [2.75, 3.05) is 36.0 Å². The number of rotatable bonds is 17. The zero-order valence-corrected chi connectivity index (χ0v) is 26.9. The highest BCUT2D eigenvalue weighted by molar-refractivity contribution is 5.53. The molecule has 0 aliphatic carbocycles. The third-order valence-corrected chi connectivity index (χ3v) is 7.85. The summed E-state index contributed by atoms with van der Waals surface area (Å²) in [6.45, 7) is 14.7. The van der Waals surface area contributed by atoms with Gasteiger partial charge < -0.3 is 9.80 Å². The topological polar surface area (TPSA) is 63.7 Å². The van der Waals surface area contributed by atoms with E-state index < -0.39 is 0 Å². The fourth-order valence-corrected chi connectivity index (χ4v) is 5.14. The minimum absolute atomic E-state index is 0.864. The van der Waals surface area contributed by atoms with Gasteiger partial charge in [-0.2, -0.15) is 20.5 Å². The number of pyridine rings is 2. The molecule has 0 spiro atoms. The summed E-state index contributed by atoms with van der Waals surface area (Å²) < 4.78 is 4.44. The van der Waals surface area contributed by atoms with Gasteiger partial charge in [0.1, 0.15) is 13.1 Å². The molecule has 0 amide bonds. The van der Waals surface area contributed by atoms with Gasteiger partial charge in [0.25, 0.3) is 0 Å². The minimum Gasteiger partial charge on any atom is -0.372 e. The van der Waals surface area contributed by atoms with Crippen LogP contribution in [0.15, 0.2) is 118 Å². The molecule has 8 nitrogen and oxygen atoms in total. The zero-order chi connectivity index (χ0) is 31.0. The van der Waals surface area contributed by atoms with E-state index in [2.05, 4.69) is 116 Å². The van der Waals surface area contributed by atoms with Crippen molar-refractivity contribution in [3.63, 3.8) is 0 Å². The average molecular weight is 593 g/mol. The molecule has 0 radical (unpaired) electrons. The Morgan fingerprint density at radius 1 is 0.409 bits per heavy atom. The molecule has 2 heterocycles. The molecule has 0 unspecified atom stereocenters. The lowest BCUT2D eigenvalue weighted by molar-refractivity contribution is -0.698. The van der Waals surface area contributed by atoms with Gasteiger partial charge in [0.05, 0.1) is 22.7 Å². The summed E-state index contributed by atoms with van der Waals surface area (Å²) in [5.41, 5.74) is 5.89. The standard InChI is InChI=1S/C36H48N8/c1-5-43(6-2)35-17-13-31(14-18-35)37-39-33-21-27-41(28-22-33)25-11-9-10-12-26-42-29-23-34(24-30-42)40-38-32-15-19-36(20-16-32)44(7-3)8-4/h13-24,27-30H,5-12,25-26H2,1-4H3/q+2. The lowest BCUT2D eigenvalue weighted by atomic mass is 10.2. The van der Waals surface area contributed by atoms with Gasteiger partial charge >= 0.3 is 0 Å². The van der Waals surface area contributed by atoms with Gasteiger partial charge in [-0.15, -0.1) is 0 Å². The van der Waals surface area contributed by atoms with Crippen LogP contribution < -0.4 is 18.9 Å². The molecule has 0 atom stereocenters. The third kappa shape index (κ3) is 10.1. The fraction of sp³-hybridized carbons (Fsp3) is 0.389. The molecule has 8 heteroatoms. The van der Waals surface area contributed by atoms with Gasteiger partial charge in [0, 0.05) is 74.7 Å². The van der Waals surface area contributed by atoms with Gasteiger partial charge in [-0.1, -0.05) is 0 Å². The van der Waals surface area contributed by atoms with Crippen molar-refractivity contribution in [1.82, 2.24) is 0 Å². The first-order chi connectivity index (χ1) is 21.6. The van der Waals surface area contributed by atoms with E-state index in [1.54, 1.807) is 0 Å². The van der Waals surface area contributed by atoms with E-state index in [4.69, 9.17) is 0 Å². The molecular formula is C36H48N8+2. The smallest absolute Gasteiger partial charge is 0.171 e. The highest BCUT2D eigenvalue weighted by atomic mass is 15.1. The van der Waals surface area contributed by atoms with Crippen LogP contribution in [-0.2, 0) is 13.1 Å². The molecule has 2 aromatic carbocycles. The molecule has 44 heavy (non-hydrogen) atoms. The Balaban J connectivity index is 1.12. The Kier molecular flexibility index (Phi) is 13.0. The maximum Gasteiger partial charge on any atom is 0.171 e. The van der Waals surface area contributed by atoms with Crippen molar-refractivity contribution in [3.8, 4) is 0 Å². The van der Waals surface area contributed by atoms with E-state index in [9.17, 15) is 0 Å². The Morgan fingerprint density at radius 3 is 1.00 bits per heavy atom. The highest BCUT2D eigenvalue weighted by Crippen LogP contribution is 2.23. The maximum atomic E-state index is 4.41. The predicted octanol–water partition coefficient (Wildman–Crippen LogP) is 9.05. The monoisotopic (exact) mass is 592 g/mol. The number of anilines is 2. The molecule has 0 N–H and O–H groups in total. The van der Waals surface area contributed by atoms with Crippen LogP contribution in [0.2, 0.25) is 0 Å². The van der Waals surface area contributed by atoms with E-state index >= 15 is 0 Å². The first-order valence-electron chi connectivity index (χ1n) is 16.1. The number of aryl methyl sites for hydroxylation is 2. The van der Waals surface area contributed by atoms with Gasteiger partial charge in [-0.3, -0.25) is 0 Å². The summed E-state index contributed by atoms with van der Waals surface area (Å²) in [5, 5.41) is 17.6. The Hall–Kier alpha value is -4.46. The van der Waals surface area contributed by atoms with E-state index in [1.807, 2.05) is 48.5 Å². The summed E-state index contributed by atoms with van der Waals surface area (Å²) >= 11 is 0. The molecule has 0 fully saturated rings. The molecule has 0 saturated heterocycles. The normalized spacial score (nSPS) is 11.5. The molecule has 0 bridgehead atoms. The molecule has 0 saturated carbocycles. The average Bonchev–Trinajstić information content (AvgIpc) is 3.08. The van der Waals surface area contributed by atoms with Crippen molar-refractivity contribution in [2.45, 2.75) is 66.5 Å². The summed E-state index contributed by atoms with van der Waals surface area (Å²) in [6, 6.07) is 24.6. The second-order valence-electron chi connectivity index (χ2n) is 10.8. The number of hydrogen-bond donors (Lipinski definition) is 0. The SMILES string of the molecule is CCN(CC)c1ccc(/N=N/c2cc[n+](CCCCCC[n+]3ccc(/N=N/c4ccc(N(CC)CC)cc4)cc3)cc2)cc1. The summed E-state index contributed by atoms with van der Waals surface area (Å²) in [5.74, 6) is 0. The van der Waals surface area contributed by atoms with Crippen LogP contribution in [0.3, 0.4) is 0 Å². The van der Waals surface area contributed by atoms with Gasteiger partial charge in [0.2, 0.25) is 0 Å². The number of benzene rings is 2. The van der Waals surface area contributed by atoms with Crippen molar-refractivity contribution in [3.05, 3.63) is 97.6 Å². The summed E-state index contributed by atoms with van der Waals surface area (Å²) in [6.07, 6.45) is 13.1. The lowest BCUT2D eigenvalue weighted by Crippen LogP contribution is -2.33. The highest BCUT2D eigenvalue weighted by Gasteiger charge is 2.05. The van der Waals surface area contributed by atoms with Crippen LogP contribution in [0.4, 0.5) is 34.1 Å². The van der Waals surface area contributed by atoms with E-state index in [0.717, 1.165) is 74.9 Å². The molecule has 4 aromatic rings. The summed E-state index contributed by atoms with van der Waals surface area (Å²) in [4.78, 5) is 4.64. The second-order valence-corrected chi connectivity index (χ2v) is 10.8. The van der Waals surface area contributed by atoms with Crippen LogP contribution in [0.25, 0.3) is 0 Å². The predicted molar refractivity (Wildman–Crippen MR) is 180 cm³/mol. The Morgan fingerprint density at radius 2 is 0.705 bits per heavy atom. The zero-order valence-electron chi connectivity index (χ0n) is 26.9. The van der Waals surface area contributed by atoms with Crippen LogP contribution in [0.1, 0.15) is 53.4 Å². The molecule has 2 aromatic heterocycles.